The quantitative estimate of drug-likeness (QED) is 0.727. The van der Waals surface area contributed by atoms with Crippen molar-refractivity contribution >= 4 is 17.4 Å². The zero-order valence-corrected chi connectivity index (χ0v) is 14.9. The Kier molecular flexibility index (Phi) is 3.95. The monoisotopic (exact) mass is 362 g/mol. The Morgan fingerprint density at radius 1 is 1.04 bits per heavy atom. The molecular formula is C19H18N6O2. The summed E-state index contributed by atoms with van der Waals surface area (Å²) in [5, 5.41) is 11.8. The molecule has 0 aliphatic carbocycles. The molecule has 0 atom stereocenters. The third-order valence-corrected chi connectivity index (χ3v) is 4.54. The maximum Gasteiger partial charge on any atom is 0.229 e. The molecule has 0 unspecified atom stereocenters. The Morgan fingerprint density at radius 3 is 2.22 bits per heavy atom. The van der Waals surface area contributed by atoms with Crippen LogP contribution in [-0.4, -0.2) is 16.2 Å². The first-order valence-electron chi connectivity index (χ1n) is 8.48. The Labute approximate surface area is 154 Å². The van der Waals surface area contributed by atoms with Gasteiger partial charge in [-0.15, -0.1) is 0 Å². The minimum atomic E-state index is -1.30. The van der Waals surface area contributed by atoms with Crippen LogP contribution in [0.5, 0.6) is 0 Å². The van der Waals surface area contributed by atoms with Crippen LogP contribution in [0.2, 0.25) is 0 Å². The van der Waals surface area contributed by atoms with E-state index in [1.54, 1.807) is 0 Å². The highest BCUT2D eigenvalue weighted by atomic mass is 16.6. The average molecular weight is 362 g/mol. The van der Waals surface area contributed by atoms with Gasteiger partial charge in [0.1, 0.15) is 0 Å². The van der Waals surface area contributed by atoms with E-state index in [1.165, 1.54) is 0 Å². The average Bonchev–Trinajstić information content (AvgIpc) is 3.22. The normalized spacial score (nSPS) is 14.1. The number of carbonyl (C=O) groups is 1. The highest BCUT2D eigenvalue weighted by Gasteiger charge is 2.41. The summed E-state index contributed by atoms with van der Waals surface area (Å²) in [5.74, 6) is -0.190. The summed E-state index contributed by atoms with van der Waals surface area (Å²) in [6.07, 6.45) is -0.0755. The third-order valence-electron chi connectivity index (χ3n) is 4.54. The van der Waals surface area contributed by atoms with Crippen LogP contribution in [0.3, 0.4) is 0 Å². The number of rotatable bonds is 4. The first-order chi connectivity index (χ1) is 13.0. The Hall–Kier alpha value is -3.55. The highest BCUT2D eigenvalue weighted by molar-refractivity contribution is 5.93. The van der Waals surface area contributed by atoms with Gasteiger partial charge >= 0.3 is 0 Å². The van der Waals surface area contributed by atoms with Gasteiger partial charge < -0.3 is 11.1 Å². The van der Waals surface area contributed by atoms with E-state index in [4.69, 9.17) is 10.4 Å². The van der Waals surface area contributed by atoms with Crippen molar-refractivity contribution in [2.45, 2.75) is 25.9 Å². The summed E-state index contributed by atoms with van der Waals surface area (Å²) >= 11 is 0. The van der Waals surface area contributed by atoms with Crippen molar-refractivity contribution in [2.75, 3.05) is 11.1 Å². The number of nitrogens with one attached hydrogen (secondary N) is 1. The van der Waals surface area contributed by atoms with Crippen molar-refractivity contribution in [2.24, 2.45) is 9.98 Å². The number of hydrogen-bond donors (Lipinski definition) is 2. The largest absolute Gasteiger partial charge is 0.379 e. The van der Waals surface area contributed by atoms with Gasteiger partial charge in [-0.05, 0) is 47.4 Å². The van der Waals surface area contributed by atoms with Crippen LogP contribution >= 0.6 is 0 Å². The number of nitrogens with two attached hydrogens (primary N) is 1. The lowest BCUT2D eigenvalue weighted by molar-refractivity contribution is -0.117. The van der Waals surface area contributed by atoms with E-state index in [2.05, 4.69) is 25.6 Å². The van der Waals surface area contributed by atoms with Crippen molar-refractivity contribution in [1.29, 1.82) is 0 Å². The van der Waals surface area contributed by atoms with Crippen molar-refractivity contribution in [1.82, 2.24) is 10.3 Å². The maximum atomic E-state index is 12.9. The molecule has 136 valence electrons. The van der Waals surface area contributed by atoms with Crippen molar-refractivity contribution < 1.29 is 9.42 Å². The molecule has 4 rings (SSSR count). The van der Waals surface area contributed by atoms with Crippen LogP contribution in [-0.2, 0) is 10.5 Å². The lowest BCUT2D eigenvalue weighted by Gasteiger charge is -2.21. The lowest BCUT2D eigenvalue weighted by Crippen LogP contribution is -2.29. The van der Waals surface area contributed by atoms with Gasteiger partial charge in [-0.2, -0.15) is 0 Å². The van der Waals surface area contributed by atoms with Gasteiger partial charge in [0.15, 0.2) is 11.5 Å². The number of anilines is 2. The summed E-state index contributed by atoms with van der Waals surface area (Å²) in [5.41, 5.74) is 7.56. The van der Waals surface area contributed by atoms with Gasteiger partial charge in [0.05, 0.1) is 17.1 Å². The Bertz CT molecular complexity index is 1100. The second-order valence-corrected chi connectivity index (χ2v) is 6.52. The molecular weight excluding hydrogens is 344 g/mol. The summed E-state index contributed by atoms with van der Waals surface area (Å²) in [6, 6.07) is 13.2. The number of carbonyl (C=O) groups excluding carboxylic acids is 1. The maximum absolute atomic E-state index is 12.9. The molecule has 8 nitrogen and oxygen atoms in total. The van der Waals surface area contributed by atoms with Crippen LogP contribution in [0.25, 0.3) is 0 Å². The number of para-hydroxylation sites is 3. The number of fused-ring (bicyclic) bond motifs is 1. The molecule has 1 aliphatic heterocycles. The number of aryl methyl sites for hydroxylation is 2. The first-order valence-corrected chi connectivity index (χ1v) is 8.48. The fourth-order valence-electron chi connectivity index (χ4n) is 3.24. The summed E-state index contributed by atoms with van der Waals surface area (Å²) in [6.45, 7) is 3.89. The molecule has 8 heteroatoms. The zero-order chi connectivity index (χ0) is 19.0. The summed E-state index contributed by atoms with van der Waals surface area (Å²) < 4.78 is 4.74. The predicted octanol–water partition coefficient (Wildman–Crippen LogP) is 1.40. The number of nitrogen functional groups attached to an aromatic ring is 1. The van der Waals surface area contributed by atoms with E-state index < -0.39 is 5.66 Å². The van der Waals surface area contributed by atoms with Crippen LogP contribution in [0.1, 0.15) is 23.2 Å². The molecule has 27 heavy (non-hydrogen) atoms. The molecule has 2 heterocycles. The van der Waals surface area contributed by atoms with Crippen molar-refractivity contribution in [3.05, 3.63) is 70.0 Å². The SMILES string of the molecule is Cc1cccc(C)c1NC(=O)CC1(c2nonc2N)N=c2ccccc2=N1. The first kappa shape index (κ1) is 16.9. The Balaban J connectivity index is 1.73. The van der Waals surface area contributed by atoms with Gasteiger partial charge in [-0.3, -0.25) is 4.79 Å². The Morgan fingerprint density at radius 2 is 1.67 bits per heavy atom. The van der Waals surface area contributed by atoms with Gasteiger partial charge in [-0.1, -0.05) is 30.3 Å². The van der Waals surface area contributed by atoms with E-state index >= 15 is 0 Å². The van der Waals surface area contributed by atoms with Gasteiger partial charge in [-0.25, -0.2) is 14.6 Å². The van der Waals surface area contributed by atoms with Gasteiger partial charge in [0.2, 0.25) is 11.6 Å². The topological polar surface area (TPSA) is 119 Å². The fourth-order valence-corrected chi connectivity index (χ4v) is 3.24. The second-order valence-electron chi connectivity index (χ2n) is 6.52. The third kappa shape index (κ3) is 2.95. The minimum absolute atomic E-state index is 0.0650. The fraction of sp³-hybridized carbons (Fsp3) is 0.211. The molecule has 1 aromatic heterocycles. The number of aromatic nitrogens is 2. The van der Waals surface area contributed by atoms with Gasteiger partial charge in [0, 0.05) is 5.69 Å². The lowest BCUT2D eigenvalue weighted by atomic mass is 10.0. The van der Waals surface area contributed by atoms with Crippen LogP contribution in [0, 0.1) is 13.8 Å². The summed E-state index contributed by atoms with van der Waals surface area (Å²) in [7, 11) is 0. The van der Waals surface area contributed by atoms with Gasteiger partial charge in [0.25, 0.3) is 0 Å². The molecule has 0 saturated carbocycles. The molecule has 0 fully saturated rings. The zero-order valence-electron chi connectivity index (χ0n) is 14.9. The number of hydrogen-bond acceptors (Lipinski definition) is 7. The van der Waals surface area contributed by atoms with E-state index in [9.17, 15) is 4.79 Å². The highest BCUT2D eigenvalue weighted by Crippen LogP contribution is 2.34. The molecule has 0 saturated heterocycles. The molecule has 3 N–H and O–H groups in total. The minimum Gasteiger partial charge on any atom is -0.379 e. The summed E-state index contributed by atoms with van der Waals surface area (Å²) in [4.78, 5) is 22.2. The van der Waals surface area contributed by atoms with Crippen LogP contribution in [0.15, 0.2) is 57.1 Å². The van der Waals surface area contributed by atoms with E-state index in [1.807, 2.05) is 56.3 Å². The number of amides is 1. The van der Waals surface area contributed by atoms with Crippen LogP contribution in [0.4, 0.5) is 11.5 Å². The molecule has 1 aliphatic rings. The van der Waals surface area contributed by atoms with Crippen molar-refractivity contribution in [3.63, 3.8) is 0 Å². The number of benzene rings is 2. The molecule has 0 spiro atoms. The molecule has 3 aromatic rings. The standard InChI is InChI=1S/C19H18N6O2/c1-11-6-5-7-12(2)16(11)21-15(26)10-19(17-18(20)25-27-24-17)22-13-8-3-4-9-14(13)23-19/h3-9H,10H2,1-2H3,(H2,20,25)(H,21,26). The van der Waals surface area contributed by atoms with E-state index in [-0.39, 0.29) is 23.8 Å². The number of nitrogens with zero attached hydrogens (tertiary/aromatic N) is 4. The molecule has 1 amide bonds. The van der Waals surface area contributed by atoms with Crippen LogP contribution < -0.4 is 21.8 Å². The second kappa shape index (κ2) is 6.31. The van der Waals surface area contributed by atoms with E-state index in [0.29, 0.717) is 10.7 Å². The molecule has 0 radical (unpaired) electrons. The van der Waals surface area contributed by atoms with Crippen molar-refractivity contribution in [3.8, 4) is 0 Å². The smallest absolute Gasteiger partial charge is 0.229 e. The predicted molar refractivity (Wildman–Crippen MR) is 98.3 cm³/mol. The van der Waals surface area contributed by atoms with E-state index in [0.717, 1.165) is 16.8 Å². The molecule has 0 bridgehead atoms. The molecule has 2 aromatic carbocycles.